The van der Waals surface area contributed by atoms with Gasteiger partial charge in [-0.1, -0.05) is 324 Å². The molecule has 0 aliphatic heterocycles. The molecule has 0 aliphatic carbocycles. The number of unbranched alkanes of at least 4 members (excludes halogenated alkanes) is 38. The molecule has 0 spiro atoms. The van der Waals surface area contributed by atoms with Gasteiger partial charge in [0.2, 0.25) is 0 Å². The Morgan fingerprint density at radius 2 is 0.529 bits per heavy atom. The van der Waals surface area contributed by atoms with Gasteiger partial charge in [-0.15, -0.1) is 0 Å². The van der Waals surface area contributed by atoms with Crippen LogP contribution in [0.2, 0.25) is 0 Å². The third-order valence-corrected chi connectivity index (χ3v) is 18.2. The maximum Gasteiger partial charge on any atom is 0.0655 e. The lowest BCUT2D eigenvalue weighted by atomic mass is 9.89. The van der Waals surface area contributed by atoms with Crippen molar-refractivity contribution in [3.8, 4) is 6.07 Å². The minimum Gasteiger partial charge on any atom is -0.312 e. The van der Waals surface area contributed by atoms with Crippen LogP contribution in [0.15, 0.2) is 97.2 Å². The van der Waals surface area contributed by atoms with E-state index in [1.807, 2.05) is 0 Å². The van der Waals surface area contributed by atoms with Gasteiger partial charge in [-0.25, -0.2) is 0 Å². The van der Waals surface area contributed by atoms with Crippen LogP contribution in [0.25, 0.3) is 0 Å². The average molecular weight is 1200 g/mol. The fourth-order valence-corrected chi connectivity index (χ4v) is 12.2. The summed E-state index contributed by atoms with van der Waals surface area (Å²) in [6.07, 6.45) is 112. The summed E-state index contributed by atoms with van der Waals surface area (Å²) in [5.74, 6) is 1.10. The Morgan fingerprint density at radius 1 is 0.287 bits per heavy atom. The number of hydrogen-bond donors (Lipinski definition) is 1. The third kappa shape index (κ3) is 72.3. The summed E-state index contributed by atoms with van der Waals surface area (Å²) in [5.41, 5.74) is 0.720. The maximum atomic E-state index is 9.70. The first-order valence-corrected chi connectivity index (χ1v) is 39.0. The van der Waals surface area contributed by atoms with E-state index in [0.29, 0.717) is 5.41 Å². The second kappa shape index (κ2) is 69.3. The van der Waals surface area contributed by atoms with Crippen LogP contribution in [-0.4, -0.2) is 12.1 Å². The van der Waals surface area contributed by atoms with E-state index in [9.17, 15) is 5.26 Å². The van der Waals surface area contributed by atoms with Crippen molar-refractivity contribution in [2.24, 2.45) is 17.3 Å². The molecule has 2 heteroatoms. The van der Waals surface area contributed by atoms with Gasteiger partial charge < -0.3 is 5.32 Å². The molecule has 2 unspecified atom stereocenters. The van der Waals surface area contributed by atoms with Crippen LogP contribution in [0.3, 0.4) is 0 Å². The van der Waals surface area contributed by atoms with Crippen LogP contribution < -0.4 is 5.32 Å². The van der Waals surface area contributed by atoms with Crippen molar-refractivity contribution in [1.82, 2.24) is 5.32 Å². The third-order valence-electron chi connectivity index (χ3n) is 18.2. The van der Waals surface area contributed by atoms with E-state index in [1.165, 1.54) is 328 Å². The maximum absolute atomic E-state index is 9.70. The van der Waals surface area contributed by atoms with Crippen molar-refractivity contribution in [2.45, 2.75) is 414 Å². The Bertz CT molecular complexity index is 1650. The van der Waals surface area contributed by atoms with Gasteiger partial charge in [-0.2, -0.15) is 5.26 Å². The summed E-state index contributed by atoms with van der Waals surface area (Å²) in [4.78, 5) is 0. The highest BCUT2D eigenvalue weighted by Crippen LogP contribution is 2.25. The summed E-state index contributed by atoms with van der Waals surface area (Å²) in [7, 11) is 0. The Hall–Kier alpha value is -2.63. The van der Waals surface area contributed by atoms with E-state index in [4.69, 9.17) is 0 Å². The SMILES string of the molecule is CCCCCC=CCC=CCCCCCCCCC(C#N)CCCCCCCCC=CCC=CCCCCCCC(C)(C)NCC(CCCCCCCCC=CCC=CCCCCC)CCCCCCCCC=CCC=CCCCCCCC(C)(C)C. The largest absolute Gasteiger partial charge is 0.312 e. The molecule has 0 saturated carbocycles. The first kappa shape index (κ1) is 84.4. The molecule has 0 aromatic rings. The van der Waals surface area contributed by atoms with Crippen LogP contribution >= 0.6 is 0 Å². The molecule has 0 aromatic carbocycles. The number of nitrogens with one attached hydrogen (secondary N) is 1. The Labute approximate surface area is 548 Å². The number of allylic oxidation sites excluding steroid dienone is 16. The molecule has 504 valence electrons. The van der Waals surface area contributed by atoms with Crippen molar-refractivity contribution in [1.29, 1.82) is 5.26 Å². The average Bonchev–Trinajstić information content (AvgIpc) is 3.57. The summed E-state index contributed by atoms with van der Waals surface area (Å²) >= 11 is 0. The minimum atomic E-state index is 0.228. The van der Waals surface area contributed by atoms with Gasteiger partial charge in [0, 0.05) is 11.5 Å². The topological polar surface area (TPSA) is 35.8 Å². The predicted octanol–water partition coefficient (Wildman–Crippen LogP) is 29.5. The van der Waals surface area contributed by atoms with E-state index in [1.54, 1.807) is 0 Å². The lowest BCUT2D eigenvalue weighted by molar-refractivity contribution is 0.295. The normalized spacial score (nSPS) is 13.6. The van der Waals surface area contributed by atoms with E-state index >= 15 is 0 Å². The molecule has 0 heterocycles. The van der Waals surface area contributed by atoms with Crippen LogP contribution in [-0.2, 0) is 0 Å². The predicted molar refractivity (Wildman–Crippen MR) is 397 cm³/mol. The first-order chi connectivity index (χ1) is 42.6. The smallest absolute Gasteiger partial charge is 0.0655 e. The van der Waals surface area contributed by atoms with Gasteiger partial charge in [0.25, 0.3) is 0 Å². The summed E-state index contributed by atoms with van der Waals surface area (Å²) in [6.45, 7) is 17.8. The second-order valence-corrected chi connectivity index (χ2v) is 28.9. The monoisotopic (exact) mass is 1200 g/mol. The summed E-state index contributed by atoms with van der Waals surface area (Å²) < 4.78 is 0. The molecule has 0 aliphatic rings. The van der Waals surface area contributed by atoms with E-state index in [-0.39, 0.29) is 11.5 Å². The zero-order valence-electron chi connectivity index (χ0n) is 60.1. The molecule has 2 atom stereocenters. The van der Waals surface area contributed by atoms with Crippen molar-refractivity contribution in [3.63, 3.8) is 0 Å². The van der Waals surface area contributed by atoms with Crippen LogP contribution in [0.1, 0.15) is 408 Å². The van der Waals surface area contributed by atoms with Crippen LogP contribution in [0.5, 0.6) is 0 Å². The zero-order chi connectivity index (χ0) is 63.2. The van der Waals surface area contributed by atoms with E-state index in [2.05, 4.69) is 157 Å². The standard InChI is InChI=1S/C85H154N2/c1-8-10-12-14-16-18-20-22-24-32-38-44-50-56-62-68-74-82(80-86)75-69-63-57-51-45-39-34-28-27-31-37-43-49-55-61-67-73-79-85(6,7)87-81-83(76-70-64-58-52-46-40-33-25-23-21-19-17-15-13-11-9-2)77-71-65-59-53-47-41-35-29-26-30-36-42-48-54-60-66-72-78-84(3,4)5/h16-19,22-29,36-37,42-43,82-83,87H,8-15,20-21,30-35,38-41,44-79,81H2,1-7H3. The fraction of sp³-hybridized carbons (Fsp3) is 0.800. The lowest BCUT2D eigenvalue weighted by Gasteiger charge is -2.29. The van der Waals surface area contributed by atoms with Gasteiger partial charge in [-0.3, -0.25) is 0 Å². The number of rotatable bonds is 68. The molecule has 87 heavy (non-hydrogen) atoms. The molecule has 0 fully saturated rings. The molecule has 0 rings (SSSR count). The number of nitrogens with zero attached hydrogens (tertiary/aromatic N) is 1. The lowest BCUT2D eigenvalue weighted by Crippen LogP contribution is -2.42. The quantitative estimate of drug-likeness (QED) is 0.0487. The minimum absolute atomic E-state index is 0.228. The van der Waals surface area contributed by atoms with Crippen molar-refractivity contribution in [2.75, 3.05) is 6.54 Å². The van der Waals surface area contributed by atoms with Gasteiger partial charge in [0.15, 0.2) is 0 Å². The number of nitriles is 1. The van der Waals surface area contributed by atoms with E-state index in [0.717, 1.165) is 44.4 Å². The number of hydrogen-bond acceptors (Lipinski definition) is 2. The Kier molecular flexibility index (Phi) is 67.2. The molecule has 1 N–H and O–H groups in total. The summed E-state index contributed by atoms with van der Waals surface area (Å²) in [6, 6.07) is 2.62. The van der Waals surface area contributed by atoms with Crippen molar-refractivity contribution < 1.29 is 0 Å². The molecule has 2 nitrogen and oxygen atoms in total. The summed E-state index contributed by atoms with van der Waals surface area (Å²) in [5, 5.41) is 13.8. The van der Waals surface area contributed by atoms with Gasteiger partial charge in [-0.05, 0) is 199 Å². The van der Waals surface area contributed by atoms with Crippen molar-refractivity contribution in [3.05, 3.63) is 97.2 Å². The Morgan fingerprint density at radius 3 is 0.805 bits per heavy atom. The first-order valence-electron chi connectivity index (χ1n) is 39.0. The van der Waals surface area contributed by atoms with Gasteiger partial charge >= 0.3 is 0 Å². The molecule has 0 bridgehead atoms. The van der Waals surface area contributed by atoms with Gasteiger partial charge in [0.1, 0.15) is 0 Å². The molecule has 0 aromatic heterocycles. The highest BCUT2D eigenvalue weighted by atomic mass is 15.0. The van der Waals surface area contributed by atoms with Crippen molar-refractivity contribution >= 4 is 0 Å². The molecular formula is C85H154N2. The highest BCUT2D eigenvalue weighted by molar-refractivity contribution is 4.96. The van der Waals surface area contributed by atoms with E-state index < -0.39 is 0 Å². The van der Waals surface area contributed by atoms with Crippen LogP contribution in [0.4, 0.5) is 0 Å². The zero-order valence-corrected chi connectivity index (χ0v) is 60.1. The molecule has 0 saturated heterocycles. The van der Waals surface area contributed by atoms with Gasteiger partial charge in [0.05, 0.1) is 6.07 Å². The second-order valence-electron chi connectivity index (χ2n) is 28.9. The molecule has 0 amide bonds. The molecule has 0 radical (unpaired) electrons. The Balaban J connectivity index is 4.23. The molecular weight excluding hydrogens is 1050 g/mol. The van der Waals surface area contributed by atoms with Crippen LogP contribution in [0, 0.1) is 28.6 Å². The highest BCUT2D eigenvalue weighted by Gasteiger charge is 2.19. The fourth-order valence-electron chi connectivity index (χ4n) is 12.2.